The highest BCUT2D eigenvalue weighted by atomic mass is 32.2. The van der Waals surface area contributed by atoms with Gasteiger partial charge in [0.2, 0.25) is 0 Å². The van der Waals surface area contributed by atoms with E-state index in [1.807, 2.05) is 18.2 Å². The van der Waals surface area contributed by atoms with E-state index in [-0.39, 0.29) is 5.92 Å². The van der Waals surface area contributed by atoms with Gasteiger partial charge in [0.15, 0.2) is 0 Å². The summed E-state index contributed by atoms with van der Waals surface area (Å²) in [6.45, 7) is 2.17. The highest BCUT2D eigenvalue weighted by Gasteiger charge is 2.34. The number of hydrogen-bond acceptors (Lipinski definition) is 7. The van der Waals surface area contributed by atoms with E-state index in [1.165, 1.54) is 6.20 Å². The number of methoxy groups -OCH3 is 1. The summed E-state index contributed by atoms with van der Waals surface area (Å²) in [4.78, 5) is 22.8. The van der Waals surface area contributed by atoms with Crippen LogP contribution in [0.3, 0.4) is 0 Å². The Morgan fingerprint density at radius 3 is 2.94 bits per heavy atom. The van der Waals surface area contributed by atoms with Gasteiger partial charge in [-0.1, -0.05) is 6.07 Å². The predicted molar refractivity (Wildman–Crippen MR) is 135 cm³/mol. The highest BCUT2D eigenvalue weighted by molar-refractivity contribution is 7.99. The maximum absolute atomic E-state index is 14.8. The minimum Gasteiger partial charge on any atom is -0.497 e. The number of ether oxygens (including phenoxy) is 1. The van der Waals surface area contributed by atoms with Gasteiger partial charge in [0.05, 0.1) is 29.8 Å². The third-order valence-electron chi connectivity index (χ3n) is 6.74. The number of rotatable bonds is 10. The Hall–Kier alpha value is -2.75. The Kier molecular flexibility index (Phi) is 8.54. The number of carbonyl (C=O) groups is 1. The molecule has 0 spiro atoms. The molecule has 3 aromatic rings. The Morgan fingerprint density at radius 2 is 2.20 bits per heavy atom. The number of piperidine rings is 1. The van der Waals surface area contributed by atoms with Gasteiger partial charge in [0.25, 0.3) is 0 Å². The maximum atomic E-state index is 14.8. The topological polar surface area (TPSA) is 102 Å². The number of thioether (sulfide) groups is 1. The van der Waals surface area contributed by atoms with Gasteiger partial charge in [-0.25, -0.2) is 9.37 Å². The lowest BCUT2D eigenvalue weighted by atomic mass is 9.81. The van der Waals surface area contributed by atoms with Crippen molar-refractivity contribution in [3.05, 3.63) is 60.2 Å². The molecule has 1 aliphatic rings. The smallest absolute Gasteiger partial charge is 0.308 e. The van der Waals surface area contributed by atoms with Gasteiger partial charge in [0, 0.05) is 42.0 Å². The lowest BCUT2D eigenvalue weighted by Gasteiger charge is -2.37. The van der Waals surface area contributed by atoms with Crippen LogP contribution in [0.1, 0.15) is 30.9 Å². The van der Waals surface area contributed by atoms with Crippen LogP contribution in [0.5, 0.6) is 5.75 Å². The summed E-state index contributed by atoms with van der Waals surface area (Å²) in [5.41, 5.74) is 7.52. The summed E-state index contributed by atoms with van der Waals surface area (Å²) >= 11 is 1.67. The molecule has 2 aromatic heterocycles. The average molecular weight is 499 g/mol. The molecule has 3 unspecified atom stereocenters. The van der Waals surface area contributed by atoms with Crippen molar-refractivity contribution in [2.45, 2.75) is 30.3 Å². The van der Waals surface area contributed by atoms with E-state index in [0.29, 0.717) is 41.6 Å². The number of aromatic nitrogens is 2. The van der Waals surface area contributed by atoms with Crippen LogP contribution >= 0.6 is 11.8 Å². The molecular weight excluding hydrogens is 467 g/mol. The SMILES string of the molecule is COc1ccc2ncc(F)c(C(N)CCC3CCN(CCSc4ccccn4)CC3C(=O)O)c2c1. The van der Waals surface area contributed by atoms with Gasteiger partial charge in [0.1, 0.15) is 11.6 Å². The van der Waals surface area contributed by atoms with E-state index >= 15 is 0 Å². The number of hydrogen-bond donors (Lipinski definition) is 2. The lowest BCUT2D eigenvalue weighted by molar-refractivity contribution is -0.146. The predicted octanol–water partition coefficient (Wildman–Crippen LogP) is 4.37. The van der Waals surface area contributed by atoms with Gasteiger partial charge in [-0.15, -0.1) is 11.8 Å². The Bertz CT molecular complexity index is 1150. The zero-order valence-corrected chi connectivity index (χ0v) is 20.6. The highest BCUT2D eigenvalue weighted by Crippen LogP contribution is 2.34. The van der Waals surface area contributed by atoms with E-state index in [4.69, 9.17) is 10.5 Å². The molecule has 1 saturated heterocycles. The molecule has 7 nitrogen and oxygen atoms in total. The van der Waals surface area contributed by atoms with E-state index in [9.17, 15) is 14.3 Å². The van der Waals surface area contributed by atoms with Crippen molar-refractivity contribution in [1.29, 1.82) is 0 Å². The molecule has 3 N–H and O–H groups in total. The van der Waals surface area contributed by atoms with Crippen molar-refractivity contribution in [2.24, 2.45) is 17.6 Å². The van der Waals surface area contributed by atoms with Gasteiger partial charge >= 0.3 is 5.97 Å². The van der Waals surface area contributed by atoms with Gasteiger partial charge in [-0.2, -0.15) is 0 Å². The van der Waals surface area contributed by atoms with E-state index in [0.717, 1.165) is 30.3 Å². The molecule has 1 fully saturated rings. The quantitative estimate of drug-likeness (QED) is 0.397. The van der Waals surface area contributed by atoms with E-state index < -0.39 is 23.7 Å². The first-order valence-electron chi connectivity index (χ1n) is 11.8. The maximum Gasteiger partial charge on any atom is 0.308 e. The van der Waals surface area contributed by atoms with Crippen LogP contribution in [-0.4, -0.2) is 58.4 Å². The van der Waals surface area contributed by atoms with Crippen LogP contribution < -0.4 is 10.5 Å². The molecule has 3 heterocycles. The number of aliphatic carboxylic acids is 1. The van der Waals surface area contributed by atoms with Crippen LogP contribution in [0.4, 0.5) is 4.39 Å². The van der Waals surface area contributed by atoms with Gasteiger partial charge in [-0.05, 0) is 62.1 Å². The van der Waals surface area contributed by atoms with Gasteiger partial charge < -0.3 is 20.5 Å². The number of benzene rings is 1. The molecule has 3 atom stereocenters. The minimum absolute atomic E-state index is 0.00365. The molecule has 186 valence electrons. The number of pyridine rings is 2. The molecule has 9 heteroatoms. The summed E-state index contributed by atoms with van der Waals surface area (Å²) in [5.74, 6) is -0.225. The molecule has 4 rings (SSSR count). The summed E-state index contributed by atoms with van der Waals surface area (Å²) in [5, 5.41) is 11.5. The summed E-state index contributed by atoms with van der Waals surface area (Å²) in [7, 11) is 1.56. The second-order valence-corrected chi connectivity index (χ2v) is 10.0. The number of carboxylic acids is 1. The lowest BCUT2D eigenvalue weighted by Crippen LogP contribution is -2.44. The monoisotopic (exact) mass is 498 g/mol. The molecule has 0 aliphatic carbocycles. The van der Waals surface area contributed by atoms with Crippen LogP contribution in [0, 0.1) is 17.7 Å². The normalized spacial score (nSPS) is 19.5. The number of halogens is 1. The van der Waals surface area contributed by atoms with E-state index in [1.54, 1.807) is 43.3 Å². The number of carboxylic acid groups (broad SMARTS) is 1. The third kappa shape index (κ3) is 6.28. The fraction of sp³-hybridized carbons (Fsp3) is 0.423. The molecule has 0 saturated carbocycles. The largest absolute Gasteiger partial charge is 0.497 e. The zero-order valence-electron chi connectivity index (χ0n) is 19.8. The number of nitrogens with two attached hydrogens (primary N) is 1. The standard InChI is InChI=1S/C26H31FN4O3S/c1-34-18-6-8-23-19(14-18)25(21(27)15-30-23)22(28)7-5-17-9-11-31(16-20(17)26(32)33)12-13-35-24-4-2-3-10-29-24/h2-4,6,8,10,14-15,17,20,22H,5,7,9,11-13,16,28H2,1H3,(H,32,33). The van der Waals surface area contributed by atoms with Crippen molar-refractivity contribution in [3.63, 3.8) is 0 Å². The summed E-state index contributed by atoms with van der Waals surface area (Å²) < 4.78 is 20.1. The van der Waals surface area contributed by atoms with Crippen LogP contribution in [0.25, 0.3) is 10.9 Å². The molecule has 1 aliphatic heterocycles. The molecule has 0 bridgehead atoms. The second kappa shape index (κ2) is 11.8. The Labute approximate surface area is 208 Å². The first-order valence-corrected chi connectivity index (χ1v) is 12.8. The average Bonchev–Trinajstić information content (AvgIpc) is 2.87. The van der Waals surface area contributed by atoms with Crippen LogP contribution in [-0.2, 0) is 4.79 Å². The summed E-state index contributed by atoms with van der Waals surface area (Å²) in [6, 6.07) is 10.6. The fourth-order valence-corrected chi connectivity index (χ4v) is 5.69. The second-order valence-electron chi connectivity index (χ2n) is 8.90. The van der Waals surface area contributed by atoms with Crippen molar-refractivity contribution >= 4 is 28.6 Å². The zero-order chi connectivity index (χ0) is 24.8. The molecule has 1 aromatic carbocycles. The van der Waals surface area contributed by atoms with Crippen molar-refractivity contribution in [3.8, 4) is 5.75 Å². The molecule has 0 amide bonds. The summed E-state index contributed by atoms with van der Waals surface area (Å²) in [6.07, 6.45) is 4.88. The molecule has 35 heavy (non-hydrogen) atoms. The number of likely N-dealkylation sites (tertiary alicyclic amines) is 1. The molecular formula is C26H31FN4O3S. The van der Waals surface area contributed by atoms with Crippen molar-refractivity contribution in [1.82, 2.24) is 14.9 Å². The Morgan fingerprint density at radius 1 is 1.34 bits per heavy atom. The Balaban J connectivity index is 1.37. The third-order valence-corrected chi connectivity index (χ3v) is 7.66. The van der Waals surface area contributed by atoms with Gasteiger partial charge in [-0.3, -0.25) is 9.78 Å². The minimum atomic E-state index is -0.782. The number of fused-ring (bicyclic) bond motifs is 1. The van der Waals surface area contributed by atoms with Crippen molar-refractivity contribution < 1.29 is 19.0 Å². The first-order chi connectivity index (χ1) is 17.0. The van der Waals surface area contributed by atoms with Crippen LogP contribution in [0.2, 0.25) is 0 Å². The first kappa shape index (κ1) is 25.3. The van der Waals surface area contributed by atoms with E-state index in [2.05, 4.69) is 14.9 Å². The van der Waals surface area contributed by atoms with Crippen LogP contribution in [0.15, 0.2) is 53.8 Å². The fourth-order valence-electron chi connectivity index (χ4n) is 4.82. The van der Waals surface area contributed by atoms with Crippen molar-refractivity contribution in [2.75, 3.05) is 32.5 Å². The molecule has 0 radical (unpaired) electrons. The number of nitrogens with zero attached hydrogens (tertiary/aromatic N) is 3.